The smallest absolute Gasteiger partial charge is 0.433 e. The van der Waals surface area contributed by atoms with Crippen LogP contribution in [0, 0.1) is 0 Å². The molecule has 126 valence electrons. The Labute approximate surface area is 133 Å². The van der Waals surface area contributed by atoms with E-state index in [1.807, 2.05) is 6.26 Å². The molecule has 0 aliphatic rings. The first-order valence-corrected chi connectivity index (χ1v) is 7.87. The Morgan fingerprint density at radius 1 is 1.39 bits per heavy atom. The first-order chi connectivity index (χ1) is 10.7. The van der Waals surface area contributed by atoms with E-state index in [0.717, 1.165) is 10.7 Å². The van der Waals surface area contributed by atoms with Gasteiger partial charge in [-0.25, -0.2) is 9.67 Å². The molecule has 0 saturated heterocycles. The van der Waals surface area contributed by atoms with Crippen molar-refractivity contribution in [3.05, 3.63) is 17.6 Å². The third-order valence-corrected chi connectivity index (χ3v) is 3.54. The van der Waals surface area contributed by atoms with Gasteiger partial charge in [-0.05, 0) is 12.3 Å². The third kappa shape index (κ3) is 4.03. The summed E-state index contributed by atoms with van der Waals surface area (Å²) in [7, 11) is 1.17. The monoisotopic (exact) mass is 349 g/mol. The van der Waals surface area contributed by atoms with E-state index in [9.17, 15) is 18.0 Å². The van der Waals surface area contributed by atoms with Gasteiger partial charge in [-0.2, -0.15) is 35.1 Å². The van der Waals surface area contributed by atoms with Gasteiger partial charge in [0, 0.05) is 19.2 Å². The minimum Gasteiger partial charge on any atom is -0.480 e. The summed E-state index contributed by atoms with van der Waals surface area (Å²) in [6.45, 7) is -0.500. The van der Waals surface area contributed by atoms with Gasteiger partial charge < -0.3 is 5.11 Å². The number of nitrogens with zero attached hydrogens (tertiary/aromatic N) is 5. The van der Waals surface area contributed by atoms with Crippen LogP contribution in [0.15, 0.2) is 6.07 Å². The van der Waals surface area contributed by atoms with Crippen LogP contribution in [0.4, 0.5) is 13.2 Å². The lowest BCUT2D eigenvalue weighted by molar-refractivity contribution is -0.143. The summed E-state index contributed by atoms with van der Waals surface area (Å²) in [5.41, 5.74) is -1.01. The molecule has 2 aromatic heterocycles. The van der Waals surface area contributed by atoms with Crippen molar-refractivity contribution in [1.29, 1.82) is 0 Å². The highest BCUT2D eigenvalue weighted by molar-refractivity contribution is 7.98. The molecule has 23 heavy (non-hydrogen) atoms. The lowest BCUT2D eigenvalue weighted by Gasteiger charge is -2.04. The molecule has 0 unspecified atom stereocenters. The number of alkyl halides is 3. The zero-order valence-corrected chi connectivity index (χ0v) is 13.1. The van der Waals surface area contributed by atoms with Gasteiger partial charge in [0.25, 0.3) is 0 Å². The minimum atomic E-state index is -4.56. The summed E-state index contributed by atoms with van der Waals surface area (Å²) in [6.07, 6.45) is -2.18. The second kappa shape index (κ2) is 6.60. The molecular weight excluding hydrogens is 335 g/mol. The molecule has 0 spiro atoms. The van der Waals surface area contributed by atoms with Crippen molar-refractivity contribution in [2.24, 2.45) is 7.05 Å². The van der Waals surface area contributed by atoms with Gasteiger partial charge in [0.15, 0.2) is 11.6 Å². The molecule has 2 heterocycles. The summed E-state index contributed by atoms with van der Waals surface area (Å²) in [4.78, 5) is 15.0. The Morgan fingerprint density at radius 2 is 2.09 bits per heavy atom. The van der Waals surface area contributed by atoms with Crippen LogP contribution < -0.4 is 0 Å². The highest BCUT2D eigenvalue weighted by Crippen LogP contribution is 2.31. The molecule has 0 atom stereocenters. The number of carboxylic acid groups (broad SMARTS) is 1. The van der Waals surface area contributed by atoms with Crippen molar-refractivity contribution >= 4 is 17.7 Å². The second-order valence-electron chi connectivity index (χ2n) is 4.68. The van der Waals surface area contributed by atoms with E-state index in [2.05, 4.69) is 15.2 Å². The fourth-order valence-corrected chi connectivity index (χ4v) is 2.34. The lowest BCUT2D eigenvalue weighted by atomic mass is 10.3. The second-order valence-corrected chi connectivity index (χ2v) is 5.67. The summed E-state index contributed by atoms with van der Waals surface area (Å²) < 4.78 is 40.3. The SMILES string of the molecule is CSCCc1nc(-c2cc(C(F)(F)F)n(C)n2)n(CC(=O)O)n1. The van der Waals surface area contributed by atoms with Crippen LogP contribution in [-0.4, -0.2) is 47.6 Å². The van der Waals surface area contributed by atoms with Gasteiger partial charge in [0.05, 0.1) is 0 Å². The van der Waals surface area contributed by atoms with Crippen molar-refractivity contribution in [2.75, 3.05) is 12.0 Å². The molecule has 0 aliphatic carbocycles. The number of aliphatic carboxylic acids is 1. The Morgan fingerprint density at radius 3 is 2.61 bits per heavy atom. The first kappa shape index (κ1) is 17.3. The number of rotatable bonds is 6. The van der Waals surface area contributed by atoms with Crippen LogP contribution in [0.1, 0.15) is 11.5 Å². The van der Waals surface area contributed by atoms with Gasteiger partial charge in [-0.15, -0.1) is 0 Å². The quantitative estimate of drug-likeness (QED) is 0.854. The van der Waals surface area contributed by atoms with Gasteiger partial charge >= 0.3 is 12.1 Å². The maximum absolute atomic E-state index is 12.9. The number of aryl methyl sites for hydroxylation is 2. The van der Waals surface area contributed by atoms with Crippen molar-refractivity contribution in [2.45, 2.75) is 19.1 Å². The van der Waals surface area contributed by atoms with Crippen LogP contribution in [0.25, 0.3) is 11.5 Å². The van der Waals surface area contributed by atoms with Crippen molar-refractivity contribution < 1.29 is 23.1 Å². The Hall–Kier alpha value is -2.04. The van der Waals surface area contributed by atoms with E-state index >= 15 is 0 Å². The number of hydrogen-bond acceptors (Lipinski definition) is 5. The number of halogens is 3. The fraction of sp³-hybridized carbons (Fsp3) is 0.500. The van der Waals surface area contributed by atoms with Crippen molar-refractivity contribution in [1.82, 2.24) is 24.5 Å². The number of aromatic nitrogens is 5. The molecule has 0 aliphatic heterocycles. The molecule has 11 heteroatoms. The Bertz CT molecular complexity index is 710. The van der Waals surface area contributed by atoms with E-state index in [1.54, 1.807) is 11.8 Å². The minimum absolute atomic E-state index is 0.00889. The van der Waals surface area contributed by atoms with Crippen LogP contribution in [0.2, 0.25) is 0 Å². The predicted molar refractivity (Wildman–Crippen MR) is 76.9 cm³/mol. The summed E-state index contributed by atoms with van der Waals surface area (Å²) in [5, 5.41) is 16.7. The zero-order chi connectivity index (χ0) is 17.2. The topological polar surface area (TPSA) is 85.8 Å². The van der Waals surface area contributed by atoms with E-state index in [-0.39, 0.29) is 11.5 Å². The van der Waals surface area contributed by atoms with Gasteiger partial charge in [0.2, 0.25) is 0 Å². The normalized spacial score (nSPS) is 11.9. The third-order valence-electron chi connectivity index (χ3n) is 2.93. The van der Waals surface area contributed by atoms with E-state index in [1.165, 1.54) is 7.05 Å². The van der Waals surface area contributed by atoms with Crippen molar-refractivity contribution in [3.63, 3.8) is 0 Å². The maximum Gasteiger partial charge on any atom is 0.433 e. The van der Waals surface area contributed by atoms with Crippen LogP contribution in [-0.2, 0) is 31.0 Å². The number of carboxylic acids is 1. The maximum atomic E-state index is 12.9. The molecule has 2 rings (SSSR count). The first-order valence-electron chi connectivity index (χ1n) is 6.48. The molecule has 7 nitrogen and oxygen atoms in total. The Balaban J connectivity index is 2.44. The van der Waals surface area contributed by atoms with E-state index in [0.29, 0.717) is 22.7 Å². The molecule has 0 amide bonds. The summed E-state index contributed by atoms with van der Waals surface area (Å²) >= 11 is 1.56. The standard InChI is InChI=1S/C12H14F3N5O2S/c1-19-8(12(13,14)15)5-7(17-19)11-16-9(3-4-23-2)18-20(11)6-10(21)22/h5H,3-4,6H2,1-2H3,(H,21,22). The van der Waals surface area contributed by atoms with E-state index < -0.39 is 24.4 Å². The van der Waals surface area contributed by atoms with Gasteiger partial charge in [-0.3, -0.25) is 9.48 Å². The molecule has 2 aromatic rings. The molecule has 0 saturated carbocycles. The average Bonchev–Trinajstić information content (AvgIpc) is 2.98. The number of carbonyl (C=O) groups is 1. The van der Waals surface area contributed by atoms with Gasteiger partial charge in [-0.1, -0.05) is 0 Å². The van der Waals surface area contributed by atoms with Gasteiger partial charge in [0.1, 0.15) is 17.9 Å². The fourth-order valence-electron chi connectivity index (χ4n) is 1.96. The van der Waals surface area contributed by atoms with Crippen LogP contribution in [0.3, 0.4) is 0 Å². The summed E-state index contributed by atoms with van der Waals surface area (Å²) in [5.74, 6) is -0.0732. The van der Waals surface area contributed by atoms with E-state index in [4.69, 9.17) is 5.11 Å². The number of hydrogen-bond donors (Lipinski definition) is 1. The van der Waals surface area contributed by atoms with Crippen LogP contribution in [0.5, 0.6) is 0 Å². The number of thioether (sulfide) groups is 1. The molecule has 0 bridgehead atoms. The average molecular weight is 349 g/mol. The highest BCUT2D eigenvalue weighted by atomic mass is 32.2. The molecule has 0 fully saturated rings. The predicted octanol–water partition coefficient (Wildman–Crippen LogP) is 1.69. The highest BCUT2D eigenvalue weighted by Gasteiger charge is 2.35. The van der Waals surface area contributed by atoms with Crippen LogP contribution >= 0.6 is 11.8 Å². The van der Waals surface area contributed by atoms with Crippen molar-refractivity contribution in [3.8, 4) is 11.5 Å². The molecule has 0 radical (unpaired) electrons. The molecular formula is C12H14F3N5O2S. The molecule has 1 N–H and O–H groups in total. The largest absolute Gasteiger partial charge is 0.480 e. The lowest BCUT2D eigenvalue weighted by Crippen LogP contribution is -2.12. The Kier molecular flexibility index (Phi) is 4.97. The zero-order valence-electron chi connectivity index (χ0n) is 12.3. The molecule has 0 aromatic carbocycles. The summed E-state index contributed by atoms with van der Waals surface area (Å²) in [6, 6.07) is 0.834.